The second-order valence-electron chi connectivity index (χ2n) is 6.39. The van der Waals surface area contributed by atoms with Crippen LogP contribution in [0, 0.1) is 0 Å². The summed E-state index contributed by atoms with van der Waals surface area (Å²) >= 11 is 11.9. The molecule has 0 aliphatic carbocycles. The molecule has 1 N–H and O–H groups in total. The molecular weight excluding hydrogens is 405 g/mol. The second-order valence-corrected chi connectivity index (χ2v) is 7.26. The van der Waals surface area contributed by atoms with Crippen molar-refractivity contribution in [1.82, 2.24) is 4.90 Å². The molecule has 1 fully saturated rings. The molecule has 2 heterocycles. The molecule has 0 aromatic heterocycles. The van der Waals surface area contributed by atoms with E-state index < -0.39 is 0 Å². The van der Waals surface area contributed by atoms with Crippen LogP contribution in [0.1, 0.15) is 0 Å². The Morgan fingerprint density at radius 2 is 1.71 bits per heavy atom. The van der Waals surface area contributed by atoms with Gasteiger partial charge in [0.25, 0.3) is 0 Å². The fourth-order valence-corrected chi connectivity index (χ4v) is 3.69. The van der Waals surface area contributed by atoms with E-state index >= 15 is 0 Å². The van der Waals surface area contributed by atoms with Gasteiger partial charge in [0.15, 0.2) is 11.5 Å². The molecule has 0 spiro atoms. The topological polar surface area (TPSA) is 71.1 Å². The first-order valence-corrected chi connectivity index (χ1v) is 9.47. The maximum Gasteiger partial charge on any atom is 0.325 e. The van der Waals surface area contributed by atoms with Crippen LogP contribution in [0.2, 0.25) is 10.0 Å². The van der Waals surface area contributed by atoms with Crippen molar-refractivity contribution < 1.29 is 19.1 Å². The van der Waals surface area contributed by atoms with E-state index in [-0.39, 0.29) is 18.5 Å². The maximum atomic E-state index is 12.7. The molecule has 0 bridgehead atoms. The molecule has 0 atom stereocenters. The van der Waals surface area contributed by atoms with Crippen molar-refractivity contribution in [2.45, 2.75) is 0 Å². The van der Waals surface area contributed by atoms with E-state index in [2.05, 4.69) is 5.32 Å². The van der Waals surface area contributed by atoms with Crippen molar-refractivity contribution in [3.63, 3.8) is 0 Å². The van der Waals surface area contributed by atoms with Gasteiger partial charge in [-0.15, -0.1) is 0 Å². The van der Waals surface area contributed by atoms with Crippen LogP contribution in [0.15, 0.2) is 36.4 Å². The molecule has 0 unspecified atom stereocenters. The van der Waals surface area contributed by atoms with E-state index in [4.69, 9.17) is 32.7 Å². The lowest BCUT2D eigenvalue weighted by Gasteiger charge is -2.22. The zero-order valence-electron chi connectivity index (χ0n) is 14.8. The highest BCUT2D eigenvalue weighted by atomic mass is 35.5. The SMILES string of the molecule is O=C(CN1CCN(c2ccc3c(c2)OCCO3)C1=O)Nc1cc(Cl)cc(Cl)c1. The van der Waals surface area contributed by atoms with Gasteiger partial charge in [-0.25, -0.2) is 4.79 Å². The number of hydrogen-bond donors (Lipinski definition) is 1. The predicted molar refractivity (Wildman–Crippen MR) is 107 cm³/mol. The van der Waals surface area contributed by atoms with Crippen molar-refractivity contribution in [1.29, 1.82) is 0 Å². The summed E-state index contributed by atoms with van der Waals surface area (Å²) < 4.78 is 11.1. The summed E-state index contributed by atoms with van der Waals surface area (Å²) in [5, 5.41) is 3.55. The van der Waals surface area contributed by atoms with Crippen LogP contribution in [0.4, 0.5) is 16.2 Å². The number of nitrogens with zero attached hydrogens (tertiary/aromatic N) is 2. The second kappa shape index (κ2) is 7.77. The molecule has 2 aliphatic rings. The van der Waals surface area contributed by atoms with E-state index in [1.807, 2.05) is 6.07 Å². The smallest absolute Gasteiger partial charge is 0.325 e. The fourth-order valence-electron chi connectivity index (χ4n) is 3.17. The van der Waals surface area contributed by atoms with Gasteiger partial charge in [0.05, 0.1) is 0 Å². The number of nitrogens with one attached hydrogen (secondary N) is 1. The highest BCUT2D eigenvalue weighted by Crippen LogP contribution is 2.35. The highest BCUT2D eigenvalue weighted by Gasteiger charge is 2.31. The first kappa shape index (κ1) is 18.7. The van der Waals surface area contributed by atoms with E-state index in [0.717, 1.165) is 0 Å². The summed E-state index contributed by atoms with van der Waals surface area (Å²) in [6, 6.07) is 9.91. The van der Waals surface area contributed by atoms with Crippen molar-refractivity contribution in [3.05, 3.63) is 46.4 Å². The summed E-state index contributed by atoms with van der Waals surface area (Å²) in [6.07, 6.45) is 0. The van der Waals surface area contributed by atoms with Crippen molar-refractivity contribution in [2.75, 3.05) is 43.1 Å². The third-order valence-electron chi connectivity index (χ3n) is 4.41. The number of anilines is 2. The van der Waals surface area contributed by atoms with Crippen LogP contribution in [0.3, 0.4) is 0 Å². The largest absolute Gasteiger partial charge is 0.486 e. The van der Waals surface area contributed by atoms with Crippen LogP contribution >= 0.6 is 23.2 Å². The Kier molecular flexibility index (Phi) is 5.19. The number of hydrogen-bond acceptors (Lipinski definition) is 4. The Hall–Kier alpha value is -2.64. The van der Waals surface area contributed by atoms with Gasteiger partial charge in [-0.1, -0.05) is 23.2 Å². The number of amides is 3. The number of carbonyl (C=O) groups excluding carboxylic acids is 2. The van der Waals surface area contributed by atoms with Gasteiger partial charge < -0.3 is 19.7 Å². The molecule has 2 aliphatic heterocycles. The summed E-state index contributed by atoms with van der Waals surface area (Å²) in [6.45, 7) is 1.84. The zero-order chi connectivity index (χ0) is 19.7. The van der Waals surface area contributed by atoms with Gasteiger partial charge in [-0.05, 0) is 30.3 Å². The van der Waals surface area contributed by atoms with E-state index in [1.54, 1.807) is 35.2 Å². The maximum absolute atomic E-state index is 12.7. The minimum absolute atomic E-state index is 0.0655. The fraction of sp³-hybridized carbons (Fsp3) is 0.263. The van der Waals surface area contributed by atoms with Gasteiger partial charge in [0, 0.05) is 40.6 Å². The summed E-state index contributed by atoms with van der Waals surface area (Å²) in [7, 11) is 0. The molecule has 4 rings (SSSR count). The lowest BCUT2D eigenvalue weighted by molar-refractivity contribution is -0.116. The van der Waals surface area contributed by atoms with Crippen LogP contribution < -0.4 is 19.7 Å². The monoisotopic (exact) mass is 421 g/mol. The van der Waals surface area contributed by atoms with Crippen LogP contribution in [0.25, 0.3) is 0 Å². The normalized spacial score (nSPS) is 15.7. The Balaban J connectivity index is 1.41. The predicted octanol–water partition coefficient (Wildman–Crippen LogP) is 3.65. The molecule has 3 amide bonds. The van der Waals surface area contributed by atoms with E-state index in [1.165, 1.54) is 4.90 Å². The Morgan fingerprint density at radius 1 is 1.00 bits per heavy atom. The van der Waals surface area contributed by atoms with Gasteiger partial charge in [0.2, 0.25) is 5.91 Å². The number of halogens is 2. The van der Waals surface area contributed by atoms with Gasteiger partial charge in [0.1, 0.15) is 19.8 Å². The molecule has 9 heteroatoms. The molecule has 28 heavy (non-hydrogen) atoms. The molecule has 1 saturated heterocycles. The number of carbonyl (C=O) groups is 2. The first-order valence-electron chi connectivity index (χ1n) is 8.71. The van der Waals surface area contributed by atoms with Gasteiger partial charge in [-0.3, -0.25) is 9.69 Å². The molecule has 2 aromatic carbocycles. The summed E-state index contributed by atoms with van der Waals surface area (Å²) in [5.41, 5.74) is 1.19. The zero-order valence-corrected chi connectivity index (χ0v) is 16.3. The number of fused-ring (bicyclic) bond motifs is 1. The van der Waals surface area contributed by atoms with Gasteiger partial charge in [-0.2, -0.15) is 0 Å². The Labute approximate surface area is 171 Å². The lowest BCUT2D eigenvalue weighted by Crippen LogP contribution is -2.37. The summed E-state index contributed by atoms with van der Waals surface area (Å²) in [4.78, 5) is 28.2. The first-order chi connectivity index (χ1) is 13.5. The number of benzene rings is 2. The minimum Gasteiger partial charge on any atom is -0.486 e. The molecule has 7 nitrogen and oxygen atoms in total. The number of urea groups is 1. The molecule has 0 saturated carbocycles. The van der Waals surface area contributed by atoms with Crippen molar-refractivity contribution >= 4 is 46.5 Å². The molecule has 146 valence electrons. The van der Waals surface area contributed by atoms with Gasteiger partial charge >= 0.3 is 6.03 Å². The number of rotatable bonds is 4. The van der Waals surface area contributed by atoms with E-state index in [0.29, 0.717) is 59.2 Å². The Morgan fingerprint density at radius 3 is 2.46 bits per heavy atom. The lowest BCUT2D eigenvalue weighted by atomic mass is 10.2. The molecule has 0 radical (unpaired) electrons. The van der Waals surface area contributed by atoms with Crippen molar-refractivity contribution in [2.24, 2.45) is 0 Å². The molecular formula is C19H17Cl2N3O4. The van der Waals surface area contributed by atoms with Crippen LogP contribution in [0.5, 0.6) is 11.5 Å². The summed E-state index contributed by atoms with van der Waals surface area (Å²) in [5.74, 6) is 0.958. The van der Waals surface area contributed by atoms with E-state index in [9.17, 15) is 9.59 Å². The van der Waals surface area contributed by atoms with Crippen LogP contribution in [-0.4, -0.2) is 49.7 Å². The average Bonchev–Trinajstić information content (AvgIpc) is 3.00. The quantitative estimate of drug-likeness (QED) is 0.817. The molecule has 2 aromatic rings. The standard InChI is InChI=1S/C19H17Cl2N3O4/c20-12-7-13(21)9-14(8-12)22-18(25)11-23-3-4-24(19(23)26)15-1-2-16-17(10-15)28-6-5-27-16/h1-2,7-10H,3-6,11H2,(H,22,25). The third-order valence-corrected chi connectivity index (χ3v) is 4.85. The minimum atomic E-state index is -0.323. The third kappa shape index (κ3) is 3.95. The van der Waals surface area contributed by atoms with Crippen molar-refractivity contribution in [3.8, 4) is 11.5 Å². The Bertz CT molecular complexity index is 917. The average molecular weight is 422 g/mol. The van der Waals surface area contributed by atoms with Crippen LogP contribution in [-0.2, 0) is 4.79 Å². The number of ether oxygens (including phenoxy) is 2. The highest BCUT2D eigenvalue weighted by molar-refractivity contribution is 6.35.